The van der Waals surface area contributed by atoms with Crippen molar-refractivity contribution in [3.63, 3.8) is 0 Å². The molecule has 1 saturated heterocycles. The van der Waals surface area contributed by atoms with E-state index >= 15 is 0 Å². The zero-order valence-corrected chi connectivity index (χ0v) is 17.7. The molecule has 0 aromatic heterocycles. The van der Waals surface area contributed by atoms with Crippen LogP contribution >= 0.6 is 23.4 Å². The van der Waals surface area contributed by atoms with E-state index in [4.69, 9.17) is 16.3 Å². The molecule has 4 nitrogen and oxygen atoms in total. The Morgan fingerprint density at radius 3 is 2.53 bits per heavy atom. The standard InChI is InChI=1S/C23H19ClFNO3S/c24-17-11-14(5-6-18(17)25)12-26-9-7-23(8-10-26)13-30-22-20(28)19(27)15-3-1-2-4-16(15)21(22)29-23/h1-6,11H,7-10,12-13H2. The van der Waals surface area contributed by atoms with Gasteiger partial charge >= 0.3 is 0 Å². The van der Waals surface area contributed by atoms with Crippen LogP contribution in [-0.4, -0.2) is 40.9 Å². The molecule has 0 radical (unpaired) electrons. The zero-order chi connectivity index (χ0) is 20.9. The second kappa shape index (κ2) is 7.52. The predicted octanol–water partition coefficient (Wildman–Crippen LogP) is 4.71. The van der Waals surface area contributed by atoms with Gasteiger partial charge in [-0.25, -0.2) is 4.39 Å². The largest absolute Gasteiger partial charge is 0.484 e. The Morgan fingerprint density at radius 1 is 1.07 bits per heavy atom. The van der Waals surface area contributed by atoms with Gasteiger partial charge in [0, 0.05) is 49.4 Å². The number of Topliss-reactive ketones (excluding diaryl/α,β-unsaturated/α-hetero) is 2. The summed E-state index contributed by atoms with van der Waals surface area (Å²) in [5, 5.41) is 0.141. The summed E-state index contributed by atoms with van der Waals surface area (Å²) >= 11 is 7.35. The average Bonchev–Trinajstić information content (AvgIpc) is 2.76. The van der Waals surface area contributed by atoms with Gasteiger partial charge in [-0.05, 0) is 17.7 Å². The van der Waals surface area contributed by atoms with Crippen molar-refractivity contribution in [1.82, 2.24) is 4.90 Å². The number of nitrogens with zero attached hydrogens (tertiary/aromatic N) is 1. The van der Waals surface area contributed by atoms with Crippen LogP contribution in [0.3, 0.4) is 0 Å². The second-order valence-corrected chi connectivity index (χ2v) is 9.35. The van der Waals surface area contributed by atoms with E-state index in [9.17, 15) is 14.0 Å². The quantitative estimate of drug-likeness (QED) is 0.629. The Labute approximate surface area is 183 Å². The lowest BCUT2D eigenvalue weighted by Crippen LogP contribution is -2.49. The molecular formula is C23H19ClFNO3S. The van der Waals surface area contributed by atoms with Crippen molar-refractivity contribution < 1.29 is 18.7 Å². The Morgan fingerprint density at radius 2 is 1.80 bits per heavy atom. The number of hydrogen-bond acceptors (Lipinski definition) is 5. The van der Waals surface area contributed by atoms with Crippen molar-refractivity contribution in [2.75, 3.05) is 18.8 Å². The molecule has 3 aliphatic rings. The maximum absolute atomic E-state index is 13.4. The number of rotatable bonds is 2. The molecule has 2 aliphatic heterocycles. The van der Waals surface area contributed by atoms with Crippen LogP contribution in [0.5, 0.6) is 0 Å². The molecule has 1 spiro atoms. The van der Waals surface area contributed by atoms with Crippen molar-refractivity contribution >= 4 is 40.7 Å². The third-order valence-corrected chi connectivity index (χ3v) is 7.61. The Kier molecular flexibility index (Phi) is 4.96. The van der Waals surface area contributed by atoms with Crippen LogP contribution in [0.2, 0.25) is 5.02 Å². The van der Waals surface area contributed by atoms with E-state index in [-0.39, 0.29) is 10.6 Å². The van der Waals surface area contributed by atoms with E-state index < -0.39 is 17.4 Å². The Hall–Kier alpha value is -2.15. The summed E-state index contributed by atoms with van der Waals surface area (Å²) in [5.74, 6) is -0.109. The van der Waals surface area contributed by atoms with Crippen LogP contribution in [0.15, 0.2) is 47.4 Å². The van der Waals surface area contributed by atoms with Gasteiger partial charge in [0.25, 0.3) is 0 Å². The normalized spacial score (nSPS) is 20.7. The molecule has 30 heavy (non-hydrogen) atoms. The van der Waals surface area contributed by atoms with Gasteiger partial charge in [0.2, 0.25) is 11.6 Å². The Bertz CT molecular complexity index is 1090. The van der Waals surface area contributed by atoms with E-state index in [1.54, 1.807) is 24.3 Å². The molecule has 0 atom stereocenters. The minimum atomic E-state index is -0.464. The van der Waals surface area contributed by atoms with Crippen molar-refractivity contribution in [3.05, 3.63) is 74.9 Å². The number of ether oxygens (including phenoxy) is 1. The molecule has 0 N–H and O–H groups in total. The highest BCUT2D eigenvalue weighted by Crippen LogP contribution is 2.47. The predicted molar refractivity (Wildman–Crippen MR) is 115 cm³/mol. The van der Waals surface area contributed by atoms with Crippen LogP contribution < -0.4 is 0 Å². The molecule has 7 heteroatoms. The minimum Gasteiger partial charge on any atom is -0.484 e. The van der Waals surface area contributed by atoms with Gasteiger partial charge in [-0.2, -0.15) is 0 Å². The van der Waals surface area contributed by atoms with Crippen LogP contribution in [0, 0.1) is 5.82 Å². The monoisotopic (exact) mass is 443 g/mol. The molecule has 0 amide bonds. The third-order valence-electron chi connectivity index (χ3n) is 5.99. The summed E-state index contributed by atoms with van der Waals surface area (Å²) in [6.45, 7) is 2.35. The highest BCUT2D eigenvalue weighted by molar-refractivity contribution is 8.04. The number of halogens is 2. The van der Waals surface area contributed by atoms with Crippen molar-refractivity contribution in [2.24, 2.45) is 0 Å². The summed E-state index contributed by atoms with van der Waals surface area (Å²) in [6, 6.07) is 12.0. The summed E-state index contributed by atoms with van der Waals surface area (Å²) in [6.07, 6.45) is 1.63. The smallest absolute Gasteiger partial charge is 0.243 e. The van der Waals surface area contributed by atoms with E-state index in [1.807, 2.05) is 12.1 Å². The third kappa shape index (κ3) is 3.37. The summed E-state index contributed by atoms with van der Waals surface area (Å²) in [7, 11) is 0. The Balaban J connectivity index is 1.33. The number of carbonyl (C=O) groups is 2. The lowest BCUT2D eigenvalue weighted by atomic mass is 9.90. The van der Waals surface area contributed by atoms with Gasteiger partial charge < -0.3 is 4.74 Å². The second-order valence-electron chi connectivity index (χ2n) is 7.96. The van der Waals surface area contributed by atoms with E-state index in [1.165, 1.54) is 17.8 Å². The van der Waals surface area contributed by atoms with Crippen molar-refractivity contribution in [1.29, 1.82) is 0 Å². The first kappa shape index (κ1) is 19.8. The van der Waals surface area contributed by atoms with E-state index in [2.05, 4.69) is 4.90 Å². The number of fused-ring (bicyclic) bond motifs is 2. The summed E-state index contributed by atoms with van der Waals surface area (Å²) in [5.41, 5.74) is 1.76. The number of ketones is 2. The first-order valence-corrected chi connectivity index (χ1v) is 11.2. The first-order chi connectivity index (χ1) is 14.5. The molecule has 154 valence electrons. The lowest BCUT2D eigenvalue weighted by Gasteiger charge is -2.45. The van der Waals surface area contributed by atoms with Crippen LogP contribution in [-0.2, 0) is 16.1 Å². The topological polar surface area (TPSA) is 46.6 Å². The number of likely N-dealkylation sites (tertiary alicyclic amines) is 1. The number of hydrogen-bond donors (Lipinski definition) is 0. The highest BCUT2D eigenvalue weighted by atomic mass is 35.5. The molecule has 1 fully saturated rings. The lowest BCUT2D eigenvalue weighted by molar-refractivity contribution is -0.111. The molecule has 2 aromatic carbocycles. The van der Waals surface area contributed by atoms with Crippen LogP contribution in [0.1, 0.15) is 34.3 Å². The summed E-state index contributed by atoms with van der Waals surface area (Å²) < 4.78 is 19.9. The fraction of sp³-hybridized carbons (Fsp3) is 0.304. The van der Waals surface area contributed by atoms with Gasteiger partial charge in [-0.15, -0.1) is 11.8 Å². The minimum absolute atomic E-state index is 0.141. The first-order valence-electron chi connectivity index (χ1n) is 9.87. The fourth-order valence-corrected chi connectivity index (χ4v) is 5.74. The van der Waals surface area contributed by atoms with Gasteiger partial charge in [-0.1, -0.05) is 41.9 Å². The van der Waals surface area contributed by atoms with Gasteiger partial charge in [0.1, 0.15) is 22.1 Å². The molecule has 2 heterocycles. The molecule has 5 rings (SSSR count). The molecule has 0 saturated carbocycles. The van der Waals surface area contributed by atoms with Crippen LogP contribution in [0.25, 0.3) is 5.76 Å². The number of thioether (sulfide) groups is 1. The number of carbonyl (C=O) groups excluding carboxylic acids is 2. The van der Waals surface area contributed by atoms with Crippen molar-refractivity contribution in [3.8, 4) is 0 Å². The number of piperidine rings is 1. The molecule has 1 aliphatic carbocycles. The maximum atomic E-state index is 13.4. The molecular weight excluding hydrogens is 425 g/mol. The van der Waals surface area contributed by atoms with E-state index in [0.29, 0.717) is 34.1 Å². The zero-order valence-electron chi connectivity index (χ0n) is 16.1. The SMILES string of the molecule is O=C1C(=O)c2ccccc2C2=C1SCC1(CCN(Cc3ccc(F)c(Cl)c3)CC1)O2. The number of allylic oxidation sites excluding steroid dienone is 1. The van der Waals surface area contributed by atoms with E-state index in [0.717, 1.165) is 31.5 Å². The van der Waals surface area contributed by atoms with Gasteiger partial charge in [0.05, 0.1) is 5.02 Å². The van der Waals surface area contributed by atoms with Gasteiger partial charge in [0.15, 0.2) is 0 Å². The molecule has 0 bridgehead atoms. The molecule has 2 aromatic rings. The maximum Gasteiger partial charge on any atom is 0.243 e. The molecule has 0 unspecified atom stereocenters. The summed E-state index contributed by atoms with van der Waals surface area (Å²) in [4.78, 5) is 27.7. The van der Waals surface area contributed by atoms with Crippen LogP contribution in [0.4, 0.5) is 4.39 Å². The fourth-order valence-electron chi connectivity index (χ4n) is 4.27. The highest BCUT2D eigenvalue weighted by Gasteiger charge is 2.45. The number of benzene rings is 2. The average molecular weight is 444 g/mol. The van der Waals surface area contributed by atoms with Gasteiger partial charge in [-0.3, -0.25) is 14.5 Å². The van der Waals surface area contributed by atoms with Crippen molar-refractivity contribution in [2.45, 2.75) is 25.0 Å².